The van der Waals surface area contributed by atoms with E-state index in [1.165, 1.54) is 31.7 Å². The largest absolute Gasteiger partial charge is 0.368 e. The molecule has 0 unspecified atom stereocenters. The van der Waals surface area contributed by atoms with E-state index in [4.69, 9.17) is 5.73 Å². The summed E-state index contributed by atoms with van der Waals surface area (Å²) >= 11 is 0. The van der Waals surface area contributed by atoms with E-state index in [0.717, 1.165) is 18.8 Å². The first kappa shape index (κ1) is 15.2. The van der Waals surface area contributed by atoms with Crippen LogP contribution in [0.3, 0.4) is 0 Å². The molecule has 0 saturated heterocycles. The second-order valence-electron chi connectivity index (χ2n) is 5.42. The number of aromatic nitrogens is 2. The van der Waals surface area contributed by atoms with Crippen LogP contribution in [0.25, 0.3) is 0 Å². The van der Waals surface area contributed by atoms with E-state index in [1.54, 1.807) is 0 Å². The molecule has 1 aliphatic carbocycles. The molecule has 0 atom stereocenters. The molecule has 1 saturated carbocycles. The second kappa shape index (κ2) is 6.49. The molecule has 1 aromatic rings. The van der Waals surface area contributed by atoms with Crippen LogP contribution >= 0.6 is 0 Å². The van der Waals surface area contributed by atoms with Crippen molar-refractivity contribution >= 4 is 16.0 Å². The molecular formula is C13H22N4O2S. The highest BCUT2D eigenvalue weighted by Gasteiger charge is 2.22. The lowest BCUT2D eigenvalue weighted by molar-refractivity contribution is 0.270. The minimum absolute atomic E-state index is 0.0638. The van der Waals surface area contributed by atoms with Gasteiger partial charge >= 0.3 is 0 Å². The molecule has 1 heterocycles. The lowest BCUT2D eigenvalue weighted by atomic mass is 9.81. The number of anilines is 1. The van der Waals surface area contributed by atoms with E-state index >= 15 is 0 Å². The van der Waals surface area contributed by atoms with Gasteiger partial charge in [0, 0.05) is 6.54 Å². The highest BCUT2D eigenvalue weighted by atomic mass is 32.2. The third kappa shape index (κ3) is 3.89. The Morgan fingerprint density at radius 1 is 1.20 bits per heavy atom. The topological polar surface area (TPSA) is 98.0 Å². The Bertz CT molecular complexity index is 522. The molecule has 0 aromatic carbocycles. The first-order chi connectivity index (χ1) is 9.51. The zero-order valence-electron chi connectivity index (χ0n) is 11.7. The maximum absolute atomic E-state index is 12.1. The smallest absolute Gasteiger partial charge is 0.243 e. The van der Waals surface area contributed by atoms with Gasteiger partial charge in [0.05, 0.1) is 12.4 Å². The number of nitrogen functional groups attached to an aromatic ring is 1. The van der Waals surface area contributed by atoms with Gasteiger partial charge in [-0.2, -0.15) is 0 Å². The molecule has 0 bridgehead atoms. The predicted octanol–water partition coefficient (Wildman–Crippen LogP) is 1.55. The van der Waals surface area contributed by atoms with E-state index in [0.29, 0.717) is 12.5 Å². The Morgan fingerprint density at radius 3 is 2.30 bits per heavy atom. The predicted molar refractivity (Wildman–Crippen MR) is 77.4 cm³/mol. The van der Waals surface area contributed by atoms with Crippen LogP contribution in [0.5, 0.6) is 0 Å². The molecule has 2 rings (SSSR count). The zero-order chi connectivity index (χ0) is 14.6. The van der Waals surface area contributed by atoms with Crippen LogP contribution in [-0.2, 0) is 10.0 Å². The third-order valence-corrected chi connectivity index (χ3v) is 5.44. The van der Waals surface area contributed by atoms with Crippen LogP contribution in [-0.4, -0.2) is 24.9 Å². The summed E-state index contributed by atoms with van der Waals surface area (Å²) in [5.74, 6) is 1.32. The number of nitrogens with two attached hydrogens (primary N) is 1. The first-order valence-electron chi connectivity index (χ1n) is 7.08. The normalized spacial score (nSPS) is 23.6. The molecule has 1 fully saturated rings. The Hall–Kier alpha value is -1.21. The number of hydrogen-bond acceptors (Lipinski definition) is 5. The fourth-order valence-electron chi connectivity index (χ4n) is 2.62. The first-order valence-corrected chi connectivity index (χ1v) is 8.56. The summed E-state index contributed by atoms with van der Waals surface area (Å²) < 4.78 is 26.8. The maximum Gasteiger partial charge on any atom is 0.243 e. The number of sulfonamides is 1. The molecule has 0 spiro atoms. The molecule has 7 heteroatoms. The lowest BCUT2D eigenvalue weighted by Crippen LogP contribution is -2.31. The van der Waals surface area contributed by atoms with Gasteiger partial charge in [0.2, 0.25) is 16.0 Å². The fourth-order valence-corrected chi connectivity index (χ4v) is 3.62. The van der Waals surface area contributed by atoms with Gasteiger partial charge in [-0.3, -0.25) is 0 Å². The van der Waals surface area contributed by atoms with Gasteiger partial charge < -0.3 is 5.73 Å². The van der Waals surface area contributed by atoms with Crippen molar-refractivity contribution in [3.63, 3.8) is 0 Å². The van der Waals surface area contributed by atoms with Crippen LogP contribution < -0.4 is 10.5 Å². The Balaban J connectivity index is 1.88. The number of nitrogens with one attached hydrogen (secondary N) is 1. The Morgan fingerprint density at radius 2 is 1.75 bits per heavy atom. The highest BCUT2D eigenvalue weighted by Crippen LogP contribution is 2.30. The van der Waals surface area contributed by atoms with Crippen molar-refractivity contribution in [3.05, 3.63) is 12.4 Å². The van der Waals surface area contributed by atoms with Crippen molar-refractivity contribution in [1.82, 2.24) is 14.7 Å². The van der Waals surface area contributed by atoms with E-state index in [-0.39, 0.29) is 10.8 Å². The van der Waals surface area contributed by atoms with Gasteiger partial charge in [0.25, 0.3) is 0 Å². The van der Waals surface area contributed by atoms with Crippen molar-refractivity contribution in [3.8, 4) is 0 Å². The van der Waals surface area contributed by atoms with E-state index in [9.17, 15) is 8.42 Å². The van der Waals surface area contributed by atoms with E-state index in [2.05, 4.69) is 21.6 Å². The van der Waals surface area contributed by atoms with Crippen LogP contribution in [0, 0.1) is 11.8 Å². The summed E-state index contributed by atoms with van der Waals surface area (Å²) in [5.41, 5.74) is 5.35. The maximum atomic E-state index is 12.1. The summed E-state index contributed by atoms with van der Waals surface area (Å²) in [5, 5.41) is 0. The minimum Gasteiger partial charge on any atom is -0.368 e. The number of nitrogens with zero attached hydrogens (tertiary/aromatic N) is 2. The third-order valence-electron chi connectivity index (χ3n) is 4.06. The Labute approximate surface area is 120 Å². The van der Waals surface area contributed by atoms with Gasteiger partial charge in [-0.1, -0.05) is 26.2 Å². The van der Waals surface area contributed by atoms with Crippen molar-refractivity contribution in [2.24, 2.45) is 11.8 Å². The summed E-state index contributed by atoms with van der Waals surface area (Å²) in [6.07, 6.45) is 8.29. The zero-order valence-corrected chi connectivity index (χ0v) is 12.6. The summed E-state index contributed by atoms with van der Waals surface area (Å²) in [4.78, 5) is 7.48. The van der Waals surface area contributed by atoms with Crippen molar-refractivity contribution < 1.29 is 8.42 Å². The molecular weight excluding hydrogens is 276 g/mol. The second-order valence-corrected chi connectivity index (χ2v) is 7.19. The Kier molecular flexibility index (Phi) is 4.93. The van der Waals surface area contributed by atoms with Gasteiger partial charge in [-0.15, -0.1) is 0 Å². The molecule has 0 aliphatic heterocycles. The molecule has 0 radical (unpaired) electrons. The molecule has 1 aliphatic rings. The van der Waals surface area contributed by atoms with Crippen molar-refractivity contribution in [1.29, 1.82) is 0 Å². The van der Waals surface area contributed by atoms with Gasteiger partial charge in [-0.25, -0.2) is 23.1 Å². The standard InChI is InChI=1S/C13H22N4O2S/c1-2-10-3-5-11(6-4-10)7-17-20(18,19)12-8-15-13(14)16-9-12/h8-11,17H,2-7H2,1H3,(H2,14,15,16). The van der Waals surface area contributed by atoms with E-state index in [1.807, 2.05) is 0 Å². The highest BCUT2D eigenvalue weighted by molar-refractivity contribution is 7.89. The molecule has 112 valence electrons. The quantitative estimate of drug-likeness (QED) is 0.859. The molecule has 20 heavy (non-hydrogen) atoms. The lowest BCUT2D eigenvalue weighted by Gasteiger charge is -2.27. The average Bonchev–Trinajstić information content (AvgIpc) is 2.46. The van der Waals surface area contributed by atoms with Crippen LogP contribution in [0.1, 0.15) is 39.0 Å². The van der Waals surface area contributed by atoms with Gasteiger partial charge in [0.1, 0.15) is 4.90 Å². The number of rotatable bonds is 5. The van der Waals surface area contributed by atoms with Crippen molar-refractivity contribution in [2.45, 2.75) is 43.9 Å². The SMILES string of the molecule is CCC1CCC(CNS(=O)(=O)c2cnc(N)nc2)CC1. The monoisotopic (exact) mass is 298 g/mol. The molecule has 0 amide bonds. The van der Waals surface area contributed by atoms with Crippen molar-refractivity contribution in [2.75, 3.05) is 12.3 Å². The number of hydrogen-bond donors (Lipinski definition) is 2. The summed E-state index contributed by atoms with van der Waals surface area (Å²) in [6.45, 7) is 2.71. The molecule has 6 nitrogen and oxygen atoms in total. The molecule has 1 aromatic heterocycles. The van der Waals surface area contributed by atoms with Gasteiger partial charge in [-0.05, 0) is 24.7 Å². The van der Waals surface area contributed by atoms with Gasteiger partial charge in [0.15, 0.2) is 0 Å². The fraction of sp³-hybridized carbons (Fsp3) is 0.692. The van der Waals surface area contributed by atoms with Crippen LogP contribution in [0.2, 0.25) is 0 Å². The minimum atomic E-state index is -3.53. The van der Waals surface area contributed by atoms with Crippen LogP contribution in [0.4, 0.5) is 5.95 Å². The van der Waals surface area contributed by atoms with Crippen LogP contribution in [0.15, 0.2) is 17.3 Å². The average molecular weight is 298 g/mol. The summed E-state index contributed by atoms with van der Waals surface area (Å²) in [6, 6.07) is 0. The summed E-state index contributed by atoms with van der Waals surface area (Å²) in [7, 11) is -3.53. The molecule has 3 N–H and O–H groups in total. The van der Waals surface area contributed by atoms with E-state index < -0.39 is 10.0 Å².